The Morgan fingerprint density at radius 3 is 2.35 bits per heavy atom. The highest BCUT2D eigenvalue weighted by molar-refractivity contribution is 7.99. The molecule has 2 rings (SSSR count). The molecule has 2 heteroatoms. The number of thioether (sulfide) groups is 1. The zero-order chi connectivity index (χ0) is 11.9. The van der Waals surface area contributed by atoms with Crippen LogP contribution in [0.25, 0.3) is 0 Å². The molecule has 0 saturated carbocycles. The average Bonchev–Trinajstić information content (AvgIpc) is 2.38. The fraction of sp³-hybridized carbons (Fsp3) is 0.200. The standard InChI is InChI=1S/C15H16OS/c1-13-7-9-14(10-8-13)16-11-12-17-15-5-3-2-4-6-15/h2-10H,11-12H2,1H3. The van der Waals surface area contributed by atoms with Gasteiger partial charge >= 0.3 is 0 Å². The Labute approximate surface area is 107 Å². The zero-order valence-corrected chi connectivity index (χ0v) is 10.7. The van der Waals surface area contributed by atoms with Gasteiger partial charge in [-0.05, 0) is 31.2 Å². The molecule has 17 heavy (non-hydrogen) atoms. The van der Waals surface area contributed by atoms with Gasteiger partial charge in [0.25, 0.3) is 0 Å². The molecular formula is C15H16OS. The van der Waals surface area contributed by atoms with Gasteiger partial charge in [0, 0.05) is 10.6 Å². The average molecular weight is 244 g/mol. The first-order valence-electron chi connectivity index (χ1n) is 5.72. The Morgan fingerprint density at radius 2 is 1.65 bits per heavy atom. The Balaban J connectivity index is 1.71. The fourth-order valence-corrected chi connectivity index (χ4v) is 2.22. The highest BCUT2D eigenvalue weighted by Gasteiger charge is 1.95. The lowest BCUT2D eigenvalue weighted by Crippen LogP contribution is -1.99. The lowest BCUT2D eigenvalue weighted by Gasteiger charge is -2.06. The number of rotatable bonds is 5. The molecule has 0 N–H and O–H groups in total. The van der Waals surface area contributed by atoms with Crippen molar-refractivity contribution in [2.45, 2.75) is 11.8 Å². The van der Waals surface area contributed by atoms with Crippen LogP contribution in [0.5, 0.6) is 5.75 Å². The first-order chi connectivity index (χ1) is 8.34. The fourth-order valence-electron chi connectivity index (χ4n) is 1.47. The van der Waals surface area contributed by atoms with Crippen LogP contribution < -0.4 is 4.74 Å². The van der Waals surface area contributed by atoms with Gasteiger partial charge in [0.15, 0.2) is 0 Å². The van der Waals surface area contributed by atoms with Crippen LogP contribution in [0.1, 0.15) is 5.56 Å². The highest BCUT2D eigenvalue weighted by Crippen LogP contribution is 2.17. The molecule has 0 fully saturated rings. The number of ether oxygens (including phenoxy) is 1. The number of hydrogen-bond acceptors (Lipinski definition) is 2. The summed E-state index contributed by atoms with van der Waals surface area (Å²) in [7, 11) is 0. The number of benzene rings is 2. The van der Waals surface area contributed by atoms with Crippen LogP contribution in [0.4, 0.5) is 0 Å². The molecule has 2 aromatic rings. The second-order valence-electron chi connectivity index (χ2n) is 3.82. The minimum Gasteiger partial charge on any atom is -0.493 e. The third-order valence-electron chi connectivity index (χ3n) is 2.38. The molecule has 0 radical (unpaired) electrons. The van der Waals surface area contributed by atoms with Gasteiger partial charge < -0.3 is 4.74 Å². The summed E-state index contributed by atoms with van der Waals surface area (Å²) in [6.45, 7) is 2.82. The van der Waals surface area contributed by atoms with E-state index in [0.29, 0.717) is 0 Å². The number of hydrogen-bond donors (Lipinski definition) is 0. The van der Waals surface area contributed by atoms with E-state index < -0.39 is 0 Å². The topological polar surface area (TPSA) is 9.23 Å². The smallest absolute Gasteiger partial charge is 0.119 e. The van der Waals surface area contributed by atoms with Crippen molar-refractivity contribution in [2.75, 3.05) is 12.4 Å². The van der Waals surface area contributed by atoms with Crippen molar-refractivity contribution in [2.24, 2.45) is 0 Å². The molecule has 0 aliphatic carbocycles. The van der Waals surface area contributed by atoms with Crippen LogP contribution in [0.15, 0.2) is 59.5 Å². The molecule has 2 aromatic carbocycles. The molecule has 0 aromatic heterocycles. The largest absolute Gasteiger partial charge is 0.493 e. The molecular weight excluding hydrogens is 228 g/mol. The van der Waals surface area contributed by atoms with Gasteiger partial charge in [-0.3, -0.25) is 0 Å². The van der Waals surface area contributed by atoms with Gasteiger partial charge in [-0.15, -0.1) is 11.8 Å². The lowest BCUT2D eigenvalue weighted by molar-refractivity contribution is 0.344. The number of aryl methyl sites for hydroxylation is 1. The van der Waals surface area contributed by atoms with Gasteiger partial charge in [-0.2, -0.15) is 0 Å². The van der Waals surface area contributed by atoms with Crippen LogP contribution in [0.3, 0.4) is 0 Å². The maximum Gasteiger partial charge on any atom is 0.119 e. The molecule has 0 aliphatic rings. The summed E-state index contributed by atoms with van der Waals surface area (Å²) in [4.78, 5) is 1.29. The molecule has 0 unspecified atom stereocenters. The normalized spacial score (nSPS) is 10.2. The van der Waals surface area contributed by atoms with E-state index in [2.05, 4.69) is 43.3 Å². The lowest BCUT2D eigenvalue weighted by atomic mass is 10.2. The minimum atomic E-state index is 0.739. The van der Waals surface area contributed by atoms with E-state index in [1.54, 1.807) is 0 Å². The SMILES string of the molecule is Cc1ccc(OCCSc2ccccc2)cc1. The maximum absolute atomic E-state index is 5.66. The van der Waals surface area contributed by atoms with Gasteiger partial charge in [0.05, 0.1) is 6.61 Å². The Morgan fingerprint density at radius 1 is 0.941 bits per heavy atom. The van der Waals surface area contributed by atoms with Gasteiger partial charge in [0.2, 0.25) is 0 Å². The molecule has 1 nitrogen and oxygen atoms in total. The van der Waals surface area contributed by atoms with Crippen LogP contribution in [-0.4, -0.2) is 12.4 Å². The van der Waals surface area contributed by atoms with Crippen LogP contribution >= 0.6 is 11.8 Å². The first-order valence-corrected chi connectivity index (χ1v) is 6.70. The second kappa shape index (κ2) is 6.36. The summed E-state index contributed by atoms with van der Waals surface area (Å²) in [6.07, 6.45) is 0. The van der Waals surface area contributed by atoms with Crippen LogP contribution in [-0.2, 0) is 0 Å². The Kier molecular flexibility index (Phi) is 4.51. The molecule has 0 aliphatic heterocycles. The molecule has 0 saturated heterocycles. The summed E-state index contributed by atoms with van der Waals surface area (Å²) in [5, 5.41) is 0. The molecule has 0 atom stereocenters. The van der Waals surface area contributed by atoms with E-state index in [9.17, 15) is 0 Å². The van der Waals surface area contributed by atoms with Crippen molar-refractivity contribution in [3.05, 3.63) is 60.2 Å². The van der Waals surface area contributed by atoms with E-state index in [-0.39, 0.29) is 0 Å². The van der Waals surface area contributed by atoms with Crippen LogP contribution in [0.2, 0.25) is 0 Å². The molecule has 0 amide bonds. The summed E-state index contributed by atoms with van der Waals surface area (Å²) in [6, 6.07) is 18.6. The highest BCUT2D eigenvalue weighted by atomic mass is 32.2. The predicted molar refractivity (Wildman–Crippen MR) is 73.8 cm³/mol. The van der Waals surface area contributed by atoms with Gasteiger partial charge in [0.1, 0.15) is 5.75 Å². The second-order valence-corrected chi connectivity index (χ2v) is 4.99. The van der Waals surface area contributed by atoms with E-state index >= 15 is 0 Å². The van der Waals surface area contributed by atoms with Crippen molar-refractivity contribution >= 4 is 11.8 Å². The molecule has 0 heterocycles. The third-order valence-corrected chi connectivity index (χ3v) is 3.36. The predicted octanol–water partition coefficient (Wildman–Crippen LogP) is 4.17. The van der Waals surface area contributed by atoms with Gasteiger partial charge in [-0.25, -0.2) is 0 Å². The Bertz CT molecular complexity index is 436. The maximum atomic E-state index is 5.66. The van der Waals surface area contributed by atoms with E-state index in [1.807, 2.05) is 30.0 Å². The quantitative estimate of drug-likeness (QED) is 0.577. The van der Waals surface area contributed by atoms with Crippen LogP contribution in [0, 0.1) is 6.92 Å². The van der Waals surface area contributed by atoms with Crippen molar-refractivity contribution in [3.8, 4) is 5.75 Å². The van der Waals surface area contributed by atoms with E-state index in [1.165, 1.54) is 10.5 Å². The van der Waals surface area contributed by atoms with Crippen molar-refractivity contribution < 1.29 is 4.74 Å². The van der Waals surface area contributed by atoms with Gasteiger partial charge in [-0.1, -0.05) is 35.9 Å². The molecule has 0 spiro atoms. The van der Waals surface area contributed by atoms with E-state index in [4.69, 9.17) is 4.74 Å². The molecule has 88 valence electrons. The molecule has 0 bridgehead atoms. The first kappa shape index (κ1) is 12.1. The van der Waals surface area contributed by atoms with Crippen molar-refractivity contribution in [3.63, 3.8) is 0 Å². The Hall–Kier alpha value is -1.41. The minimum absolute atomic E-state index is 0.739. The van der Waals surface area contributed by atoms with Crippen molar-refractivity contribution in [1.82, 2.24) is 0 Å². The zero-order valence-electron chi connectivity index (χ0n) is 9.93. The summed E-state index contributed by atoms with van der Waals surface area (Å²) in [5.74, 6) is 1.92. The summed E-state index contributed by atoms with van der Waals surface area (Å²) >= 11 is 1.82. The third kappa shape index (κ3) is 4.16. The van der Waals surface area contributed by atoms with E-state index in [0.717, 1.165) is 18.1 Å². The van der Waals surface area contributed by atoms with Crippen molar-refractivity contribution in [1.29, 1.82) is 0 Å². The summed E-state index contributed by atoms with van der Waals surface area (Å²) < 4.78 is 5.66. The monoisotopic (exact) mass is 244 g/mol. The summed E-state index contributed by atoms with van der Waals surface area (Å²) in [5.41, 5.74) is 1.26.